The molecular weight excluding hydrogens is 709 g/mol. The van der Waals surface area contributed by atoms with Gasteiger partial charge in [-0.3, -0.25) is 9.59 Å². The number of aromatic nitrogens is 4. The molecule has 13 heteroatoms. The van der Waals surface area contributed by atoms with Gasteiger partial charge in [0.05, 0.1) is 18.6 Å². The Bertz CT molecular complexity index is 1920. The van der Waals surface area contributed by atoms with Crippen LogP contribution < -0.4 is 10.6 Å². The predicted octanol–water partition coefficient (Wildman–Crippen LogP) is 7.29. The smallest absolute Gasteiger partial charge is 0.268 e. The molecule has 1 aliphatic rings. The highest BCUT2D eigenvalue weighted by molar-refractivity contribution is 6.30. The fourth-order valence-electron chi connectivity index (χ4n) is 5.78. The highest BCUT2D eigenvalue weighted by Crippen LogP contribution is 2.26. The maximum Gasteiger partial charge on any atom is 0.268 e. The van der Waals surface area contributed by atoms with E-state index in [1.807, 2.05) is 54.1 Å². The average molecular weight is 749 g/mol. The zero-order valence-electron chi connectivity index (χ0n) is 28.4. The number of rotatable bonds is 8. The third-order valence-electron chi connectivity index (χ3n) is 8.48. The molecule has 10 nitrogen and oxygen atoms in total. The quantitative estimate of drug-likeness (QED) is 0.141. The van der Waals surface area contributed by atoms with Gasteiger partial charge in [0.25, 0.3) is 5.91 Å². The molecule has 3 atom stereocenters. The Morgan fingerprint density at radius 3 is 2.06 bits per heavy atom. The number of hydrogen-bond acceptors (Lipinski definition) is 7. The first-order chi connectivity index (χ1) is 24.6. The first-order valence-electron chi connectivity index (χ1n) is 16.6. The molecule has 1 fully saturated rings. The fourth-order valence-corrected chi connectivity index (χ4v) is 6.37. The van der Waals surface area contributed by atoms with Gasteiger partial charge < -0.3 is 20.3 Å². The van der Waals surface area contributed by atoms with E-state index >= 15 is 0 Å². The summed E-state index contributed by atoms with van der Waals surface area (Å²) in [5.41, 5.74) is 4.38. The molecular formula is C38H40Cl3N7O3. The van der Waals surface area contributed by atoms with Gasteiger partial charge in [-0.25, -0.2) is 15.0 Å². The SMILES string of the molecule is CCc1ccnc(Cl)c1.Cn1c(C(=O)N[C@H]2CCCC[C@H]2C(=O)NC(C#N)Cc2ccnc(Cl)c2)cc2ccccc21.OCc1ccnc(Cl)c1. The van der Waals surface area contributed by atoms with E-state index in [1.54, 1.807) is 42.9 Å². The Balaban J connectivity index is 0.000000262. The summed E-state index contributed by atoms with van der Waals surface area (Å²) in [5, 5.41) is 26.4. The first kappa shape index (κ1) is 39.3. The molecule has 2 amide bonds. The third-order valence-corrected chi connectivity index (χ3v) is 9.10. The van der Waals surface area contributed by atoms with Gasteiger partial charge in [0.2, 0.25) is 5.91 Å². The Hall–Kier alpha value is -4.53. The highest BCUT2D eigenvalue weighted by atomic mass is 35.5. The first-order valence-corrected chi connectivity index (χ1v) is 17.7. The minimum absolute atomic E-state index is 0.0161. The number of fused-ring (bicyclic) bond motifs is 1. The summed E-state index contributed by atoms with van der Waals surface area (Å²) in [6, 6.07) is 21.5. The number of halogens is 3. The average Bonchev–Trinajstić information content (AvgIpc) is 3.48. The van der Waals surface area contributed by atoms with E-state index in [9.17, 15) is 14.9 Å². The molecule has 1 aliphatic carbocycles. The minimum Gasteiger partial charge on any atom is -0.392 e. The molecule has 0 spiro atoms. The maximum absolute atomic E-state index is 13.1. The van der Waals surface area contributed by atoms with Gasteiger partial charge in [0.1, 0.15) is 27.2 Å². The minimum atomic E-state index is -0.688. The van der Waals surface area contributed by atoms with Crippen LogP contribution in [0.5, 0.6) is 0 Å². The Kier molecular flexibility index (Phi) is 15.2. The molecule has 0 bridgehead atoms. The second-order valence-corrected chi connectivity index (χ2v) is 13.1. The van der Waals surface area contributed by atoms with Crippen LogP contribution in [0, 0.1) is 17.2 Å². The topological polar surface area (TPSA) is 146 Å². The molecule has 4 aromatic heterocycles. The lowest BCUT2D eigenvalue weighted by Gasteiger charge is -2.31. The fraction of sp³-hybridized carbons (Fsp3) is 0.316. The summed E-state index contributed by atoms with van der Waals surface area (Å²) in [4.78, 5) is 37.7. The number of hydrogen-bond donors (Lipinski definition) is 3. The molecule has 4 heterocycles. The lowest BCUT2D eigenvalue weighted by Crippen LogP contribution is -2.50. The van der Waals surface area contributed by atoms with Crippen LogP contribution in [0.2, 0.25) is 15.5 Å². The van der Waals surface area contributed by atoms with E-state index in [0.717, 1.165) is 47.7 Å². The molecule has 1 saturated carbocycles. The van der Waals surface area contributed by atoms with E-state index in [0.29, 0.717) is 34.0 Å². The van der Waals surface area contributed by atoms with Gasteiger partial charge in [-0.15, -0.1) is 0 Å². The molecule has 1 aromatic carbocycles. The van der Waals surface area contributed by atoms with Crippen LogP contribution in [0.1, 0.15) is 59.8 Å². The van der Waals surface area contributed by atoms with Crippen molar-refractivity contribution in [2.24, 2.45) is 13.0 Å². The summed E-state index contributed by atoms with van der Waals surface area (Å²) in [5.74, 6) is -0.778. The Labute approximate surface area is 312 Å². The number of para-hydroxylation sites is 1. The lowest BCUT2D eigenvalue weighted by molar-refractivity contribution is -0.127. The molecule has 5 aromatic rings. The van der Waals surface area contributed by atoms with Crippen LogP contribution in [-0.2, 0) is 31.3 Å². The van der Waals surface area contributed by atoms with E-state index in [-0.39, 0.29) is 30.4 Å². The van der Waals surface area contributed by atoms with Crippen molar-refractivity contribution >= 4 is 57.5 Å². The molecule has 6 rings (SSSR count). The van der Waals surface area contributed by atoms with Crippen molar-refractivity contribution in [1.82, 2.24) is 30.2 Å². The van der Waals surface area contributed by atoms with Crippen molar-refractivity contribution in [3.63, 3.8) is 0 Å². The van der Waals surface area contributed by atoms with E-state index < -0.39 is 6.04 Å². The number of nitrogens with one attached hydrogen (secondary N) is 2. The summed E-state index contributed by atoms with van der Waals surface area (Å²) < 4.78 is 1.87. The second-order valence-electron chi connectivity index (χ2n) is 12.0. The van der Waals surface area contributed by atoms with Gasteiger partial charge >= 0.3 is 0 Å². The number of nitrogens with zero attached hydrogens (tertiary/aromatic N) is 5. The van der Waals surface area contributed by atoms with Crippen molar-refractivity contribution in [3.8, 4) is 6.07 Å². The summed E-state index contributed by atoms with van der Waals surface area (Å²) in [7, 11) is 1.87. The molecule has 3 N–H and O–H groups in total. The summed E-state index contributed by atoms with van der Waals surface area (Å²) in [6.07, 6.45) is 9.47. The van der Waals surface area contributed by atoms with Crippen LogP contribution in [0.4, 0.5) is 0 Å². The molecule has 51 heavy (non-hydrogen) atoms. The van der Waals surface area contributed by atoms with E-state index in [4.69, 9.17) is 39.9 Å². The van der Waals surface area contributed by atoms with Gasteiger partial charge in [-0.2, -0.15) is 5.26 Å². The third kappa shape index (κ3) is 11.8. The van der Waals surface area contributed by atoms with Gasteiger partial charge in [0.15, 0.2) is 0 Å². The van der Waals surface area contributed by atoms with Crippen LogP contribution in [0.25, 0.3) is 10.9 Å². The summed E-state index contributed by atoms with van der Waals surface area (Å²) in [6.45, 7) is 2.11. The molecule has 0 radical (unpaired) electrons. The molecule has 1 unspecified atom stereocenters. The Morgan fingerprint density at radius 2 is 1.49 bits per heavy atom. The van der Waals surface area contributed by atoms with Crippen molar-refractivity contribution < 1.29 is 14.7 Å². The molecule has 0 saturated heterocycles. The zero-order chi connectivity index (χ0) is 36.8. The molecule has 266 valence electrons. The Morgan fingerprint density at radius 1 is 0.902 bits per heavy atom. The predicted molar refractivity (Wildman–Crippen MR) is 200 cm³/mol. The van der Waals surface area contributed by atoms with Crippen LogP contribution >= 0.6 is 34.8 Å². The molecule has 0 aliphatic heterocycles. The standard InChI is InChI=1S/C25H26ClN5O2.C7H8ClN.C6H6ClNO/c1-31-21-9-5-2-6-17(21)14-22(31)25(33)30-20-8-4-3-7-19(20)24(32)29-18(15-27)12-16-10-11-28-23(26)13-16;1-2-6-3-4-9-7(8)5-6;7-6-3-5(4-9)1-2-8-6/h2,5-6,9-11,13-14,18-20H,3-4,7-8,12H2,1H3,(H,29,32)(H,30,33);3-5H,2H2,1H3;1-3,9H,4H2/t18?,19-,20+;;/m1../s1. The van der Waals surface area contributed by atoms with Crippen LogP contribution in [-0.4, -0.2) is 48.5 Å². The second kappa shape index (κ2) is 19.8. The van der Waals surface area contributed by atoms with Crippen LogP contribution in [0.3, 0.4) is 0 Å². The van der Waals surface area contributed by atoms with E-state index in [2.05, 4.69) is 38.6 Å². The number of carbonyl (C=O) groups excluding carboxylic acids is 2. The number of benzene rings is 1. The van der Waals surface area contributed by atoms with Crippen molar-refractivity contribution in [1.29, 1.82) is 5.26 Å². The largest absolute Gasteiger partial charge is 0.392 e. The van der Waals surface area contributed by atoms with Crippen molar-refractivity contribution in [3.05, 3.63) is 123 Å². The monoisotopic (exact) mass is 747 g/mol. The van der Waals surface area contributed by atoms with Gasteiger partial charge in [0, 0.05) is 49.0 Å². The number of amides is 2. The number of pyridine rings is 3. The van der Waals surface area contributed by atoms with Crippen LogP contribution in [0.15, 0.2) is 85.3 Å². The highest BCUT2D eigenvalue weighted by Gasteiger charge is 2.33. The number of aliphatic hydroxyl groups excluding tert-OH is 1. The van der Waals surface area contributed by atoms with Crippen molar-refractivity contribution in [2.45, 2.75) is 64.1 Å². The lowest BCUT2D eigenvalue weighted by atomic mass is 9.83. The summed E-state index contributed by atoms with van der Waals surface area (Å²) >= 11 is 17.0. The van der Waals surface area contributed by atoms with Gasteiger partial charge in [-0.05, 0) is 84.5 Å². The number of nitriles is 1. The number of aryl methyl sites for hydroxylation is 2. The number of aliphatic hydroxyl groups is 1. The zero-order valence-corrected chi connectivity index (χ0v) is 30.7. The van der Waals surface area contributed by atoms with E-state index in [1.165, 1.54) is 5.56 Å². The number of carbonyl (C=O) groups is 2. The maximum atomic E-state index is 13.1. The normalized spacial score (nSPS) is 15.6. The van der Waals surface area contributed by atoms with Crippen molar-refractivity contribution in [2.75, 3.05) is 0 Å². The van der Waals surface area contributed by atoms with Gasteiger partial charge in [-0.1, -0.05) is 72.8 Å².